The van der Waals surface area contributed by atoms with Gasteiger partial charge < -0.3 is 4.90 Å². The number of halogens is 1. The van der Waals surface area contributed by atoms with E-state index in [0.29, 0.717) is 56.0 Å². The van der Waals surface area contributed by atoms with Crippen LogP contribution in [0.1, 0.15) is 36.6 Å². The first-order valence-electron chi connectivity index (χ1n) is 9.35. The third-order valence-electron chi connectivity index (χ3n) is 5.32. The Kier molecular flexibility index (Phi) is 5.17. The molecule has 2 fully saturated rings. The van der Waals surface area contributed by atoms with Crippen molar-refractivity contribution in [1.82, 2.24) is 15.0 Å². The first kappa shape index (κ1) is 18.3. The van der Waals surface area contributed by atoms with Gasteiger partial charge in [0.1, 0.15) is 29.7 Å². The second-order valence-electron chi connectivity index (χ2n) is 6.96. The van der Waals surface area contributed by atoms with Crippen LogP contribution < -0.4 is 4.90 Å². The van der Waals surface area contributed by atoms with E-state index in [1.807, 2.05) is 11.0 Å². The predicted octanol–water partition coefficient (Wildman–Crippen LogP) is 2.61. The molecule has 1 aromatic heterocycles. The summed E-state index contributed by atoms with van der Waals surface area (Å²) in [6.07, 6.45) is 3.26. The smallest absolute Gasteiger partial charge is 0.249 e. The van der Waals surface area contributed by atoms with E-state index in [1.165, 1.54) is 17.5 Å². The van der Waals surface area contributed by atoms with Crippen molar-refractivity contribution in [3.05, 3.63) is 53.7 Å². The second-order valence-corrected chi connectivity index (χ2v) is 6.96. The number of hydroxylamine groups is 2. The second kappa shape index (κ2) is 7.90. The molecule has 1 aromatic carbocycles. The SMILES string of the molecule is N#Cc1cc(N2CCC(C(=O)N3OCC[C@H]3c3ccccc3F)CC2)ncn1. The van der Waals surface area contributed by atoms with Crippen LogP contribution >= 0.6 is 0 Å². The zero-order chi connectivity index (χ0) is 19.5. The molecule has 3 heterocycles. The number of rotatable bonds is 3. The summed E-state index contributed by atoms with van der Waals surface area (Å²) in [5.41, 5.74) is 0.817. The Balaban J connectivity index is 1.42. The van der Waals surface area contributed by atoms with Gasteiger partial charge in [-0.15, -0.1) is 0 Å². The summed E-state index contributed by atoms with van der Waals surface area (Å²) in [6.45, 7) is 1.70. The van der Waals surface area contributed by atoms with Crippen LogP contribution in [-0.2, 0) is 9.63 Å². The summed E-state index contributed by atoms with van der Waals surface area (Å²) in [5, 5.41) is 10.4. The van der Waals surface area contributed by atoms with Crippen LogP contribution in [0.4, 0.5) is 10.2 Å². The van der Waals surface area contributed by atoms with Crippen molar-refractivity contribution in [2.75, 3.05) is 24.6 Å². The van der Waals surface area contributed by atoms with Crippen molar-refractivity contribution >= 4 is 11.7 Å². The summed E-state index contributed by atoms with van der Waals surface area (Å²) in [5.74, 6) is 0.105. The lowest BCUT2D eigenvalue weighted by Gasteiger charge is -2.34. The third-order valence-corrected chi connectivity index (χ3v) is 5.32. The highest BCUT2D eigenvalue weighted by Gasteiger charge is 2.38. The highest BCUT2D eigenvalue weighted by molar-refractivity contribution is 5.79. The number of aromatic nitrogens is 2. The summed E-state index contributed by atoms with van der Waals surface area (Å²) in [6, 6.07) is 9.81. The summed E-state index contributed by atoms with van der Waals surface area (Å²) < 4.78 is 14.2. The first-order chi connectivity index (χ1) is 13.7. The third kappa shape index (κ3) is 3.53. The van der Waals surface area contributed by atoms with Crippen molar-refractivity contribution in [1.29, 1.82) is 5.26 Å². The van der Waals surface area contributed by atoms with Gasteiger partial charge in [0, 0.05) is 37.1 Å². The molecule has 0 saturated carbocycles. The molecule has 2 aliphatic rings. The molecule has 7 nitrogen and oxygen atoms in total. The molecule has 1 amide bonds. The molecule has 0 aliphatic carbocycles. The molecular weight excluding hydrogens is 361 g/mol. The Morgan fingerprint density at radius 2 is 2.00 bits per heavy atom. The quantitative estimate of drug-likeness (QED) is 0.813. The Labute approximate surface area is 162 Å². The predicted molar refractivity (Wildman–Crippen MR) is 98.2 cm³/mol. The molecule has 0 unspecified atom stereocenters. The molecule has 2 aromatic rings. The van der Waals surface area contributed by atoms with Gasteiger partial charge in [-0.1, -0.05) is 18.2 Å². The average molecular weight is 381 g/mol. The standard InChI is InChI=1S/C20H20FN5O2/c21-17-4-2-1-3-16(17)18-7-10-28-26(18)20(27)14-5-8-25(9-6-14)19-11-15(12-22)23-13-24-19/h1-4,11,13-14,18H,5-10H2/t18-/m0/s1. The zero-order valence-electron chi connectivity index (χ0n) is 15.3. The van der Waals surface area contributed by atoms with Gasteiger partial charge in [-0.2, -0.15) is 5.26 Å². The average Bonchev–Trinajstić information content (AvgIpc) is 3.23. The van der Waals surface area contributed by atoms with Gasteiger partial charge in [-0.3, -0.25) is 9.63 Å². The number of nitrogens with zero attached hydrogens (tertiary/aromatic N) is 5. The van der Waals surface area contributed by atoms with Crippen LogP contribution in [0, 0.1) is 23.1 Å². The minimum atomic E-state index is -0.383. The largest absolute Gasteiger partial charge is 0.356 e. The molecule has 2 saturated heterocycles. The van der Waals surface area contributed by atoms with Gasteiger partial charge in [-0.05, 0) is 18.9 Å². The molecule has 0 spiro atoms. The van der Waals surface area contributed by atoms with Crippen LogP contribution in [0.5, 0.6) is 0 Å². The number of hydrogen-bond donors (Lipinski definition) is 0. The fourth-order valence-electron chi connectivity index (χ4n) is 3.83. The topological polar surface area (TPSA) is 82.4 Å². The fraction of sp³-hybridized carbons (Fsp3) is 0.400. The summed E-state index contributed by atoms with van der Waals surface area (Å²) >= 11 is 0. The number of benzene rings is 1. The number of nitriles is 1. The lowest BCUT2D eigenvalue weighted by Crippen LogP contribution is -2.42. The molecule has 1 atom stereocenters. The molecule has 2 aliphatic heterocycles. The first-order valence-corrected chi connectivity index (χ1v) is 9.35. The number of anilines is 1. The van der Waals surface area contributed by atoms with Crippen molar-refractivity contribution < 1.29 is 14.0 Å². The van der Waals surface area contributed by atoms with E-state index in [1.54, 1.807) is 24.3 Å². The number of hydrogen-bond acceptors (Lipinski definition) is 6. The molecule has 8 heteroatoms. The highest BCUT2D eigenvalue weighted by Crippen LogP contribution is 2.34. The van der Waals surface area contributed by atoms with Gasteiger partial charge in [0.2, 0.25) is 5.91 Å². The van der Waals surface area contributed by atoms with Crippen LogP contribution in [0.15, 0.2) is 36.7 Å². The van der Waals surface area contributed by atoms with Crippen LogP contribution in [0.25, 0.3) is 0 Å². The van der Waals surface area contributed by atoms with Gasteiger partial charge >= 0.3 is 0 Å². The maximum Gasteiger partial charge on any atom is 0.249 e. The van der Waals surface area contributed by atoms with Crippen LogP contribution in [-0.4, -0.2) is 40.6 Å². The van der Waals surface area contributed by atoms with E-state index >= 15 is 0 Å². The van der Waals surface area contributed by atoms with Gasteiger partial charge in [-0.25, -0.2) is 19.4 Å². The molecule has 144 valence electrons. The van der Waals surface area contributed by atoms with Crippen molar-refractivity contribution in [3.63, 3.8) is 0 Å². The van der Waals surface area contributed by atoms with E-state index in [9.17, 15) is 9.18 Å². The Hall–Kier alpha value is -3.05. The lowest BCUT2D eigenvalue weighted by atomic mass is 9.94. The van der Waals surface area contributed by atoms with Crippen LogP contribution in [0.2, 0.25) is 0 Å². The van der Waals surface area contributed by atoms with Crippen LogP contribution in [0.3, 0.4) is 0 Å². The van der Waals surface area contributed by atoms with Crippen molar-refractivity contribution in [2.45, 2.75) is 25.3 Å². The molecule has 0 radical (unpaired) electrons. The van der Waals surface area contributed by atoms with Crippen molar-refractivity contribution in [2.24, 2.45) is 5.92 Å². The fourth-order valence-corrected chi connectivity index (χ4v) is 3.83. The minimum Gasteiger partial charge on any atom is -0.356 e. The molecule has 28 heavy (non-hydrogen) atoms. The zero-order valence-corrected chi connectivity index (χ0v) is 15.3. The maximum atomic E-state index is 14.2. The maximum absolute atomic E-state index is 14.2. The number of piperidine rings is 1. The van der Waals surface area contributed by atoms with Gasteiger partial charge in [0.15, 0.2) is 0 Å². The van der Waals surface area contributed by atoms with E-state index in [0.717, 1.165) is 0 Å². The number of amides is 1. The Bertz CT molecular complexity index is 907. The van der Waals surface area contributed by atoms with E-state index in [2.05, 4.69) is 9.97 Å². The van der Waals surface area contributed by atoms with Gasteiger partial charge in [0.05, 0.1) is 12.6 Å². The summed E-state index contributed by atoms with van der Waals surface area (Å²) in [7, 11) is 0. The monoisotopic (exact) mass is 381 g/mol. The Morgan fingerprint density at radius 3 is 2.75 bits per heavy atom. The molecule has 0 bridgehead atoms. The van der Waals surface area contributed by atoms with E-state index < -0.39 is 0 Å². The Morgan fingerprint density at radius 1 is 1.21 bits per heavy atom. The molecule has 4 rings (SSSR count). The van der Waals surface area contributed by atoms with Crippen molar-refractivity contribution in [3.8, 4) is 6.07 Å². The highest BCUT2D eigenvalue weighted by atomic mass is 19.1. The minimum absolute atomic E-state index is 0.0918. The number of carbonyl (C=O) groups excluding carboxylic acids is 1. The van der Waals surface area contributed by atoms with E-state index in [-0.39, 0.29) is 23.7 Å². The molecule has 0 N–H and O–H groups in total. The normalized spacial score (nSPS) is 20.2. The summed E-state index contributed by atoms with van der Waals surface area (Å²) in [4.78, 5) is 28.8. The molecular formula is C20H20FN5O2. The number of carbonyl (C=O) groups is 1. The lowest BCUT2D eigenvalue weighted by molar-refractivity contribution is -0.182. The van der Waals surface area contributed by atoms with E-state index in [4.69, 9.17) is 10.1 Å². The van der Waals surface area contributed by atoms with Gasteiger partial charge in [0.25, 0.3) is 0 Å².